The lowest BCUT2D eigenvalue weighted by Gasteiger charge is -2.27. The monoisotopic (exact) mass is 387 g/mol. The number of rotatable bonds is 3. The number of likely N-dealkylation sites (tertiary alicyclic amines) is 1. The van der Waals surface area contributed by atoms with Gasteiger partial charge in [0.25, 0.3) is 0 Å². The minimum atomic E-state index is -0.478. The molecule has 1 atom stereocenters. The molecule has 1 aliphatic rings. The zero-order chi connectivity index (χ0) is 17.4. The van der Waals surface area contributed by atoms with E-state index in [-0.39, 0.29) is 11.7 Å². The summed E-state index contributed by atoms with van der Waals surface area (Å²) in [4.78, 5) is 13.9. The van der Waals surface area contributed by atoms with Crippen LogP contribution < -0.4 is 0 Å². The maximum Gasteiger partial charge on any atom is 0.410 e. The third kappa shape index (κ3) is 4.47. The third-order valence-corrected chi connectivity index (χ3v) is 4.94. The van der Waals surface area contributed by atoms with Gasteiger partial charge in [0.05, 0.1) is 34.6 Å². The molecule has 0 bridgehead atoms. The number of nitrogens with zero attached hydrogens (tertiary/aromatic N) is 3. The summed E-state index contributed by atoms with van der Waals surface area (Å²) >= 11 is 3.55. The number of carbonyl (C=O) groups excluding carboxylic acids is 1. The SMILES string of the molecule is Cc1nn(C)c(COC2(C)CCN(C(=O)OC(C)(C)C)C2)c1Br. The fraction of sp³-hybridized carbons (Fsp3) is 0.750. The van der Waals surface area contributed by atoms with E-state index >= 15 is 0 Å². The van der Waals surface area contributed by atoms with Crippen LogP contribution in [0, 0.1) is 6.92 Å². The van der Waals surface area contributed by atoms with Gasteiger partial charge in [-0.3, -0.25) is 4.68 Å². The first-order chi connectivity index (χ1) is 10.5. The lowest BCUT2D eigenvalue weighted by Crippen LogP contribution is -2.39. The van der Waals surface area contributed by atoms with Gasteiger partial charge in [0.15, 0.2) is 0 Å². The van der Waals surface area contributed by atoms with Gasteiger partial charge in [-0.15, -0.1) is 0 Å². The van der Waals surface area contributed by atoms with Gasteiger partial charge in [0, 0.05) is 13.6 Å². The molecule has 1 aliphatic heterocycles. The van der Waals surface area contributed by atoms with E-state index in [4.69, 9.17) is 9.47 Å². The first-order valence-corrected chi connectivity index (χ1v) is 8.60. The van der Waals surface area contributed by atoms with Crippen LogP contribution in [0.15, 0.2) is 4.47 Å². The Morgan fingerprint density at radius 3 is 2.61 bits per heavy atom. The molecule has 1 aromatic heterocycles. The Kier molecular flexibility index (Phi) is 5.11. The highest BCUT2D eigenvalue weighted by molar-refractivity contribution is 9.10. The molecule has 0 spiro atoms. The van der Waals surface area contributed by atoms with E-state index < -0.39 is 5.60 Å². The van der Waals surface area contributed by atoms with Crippen LogP contribution >= 0.6 is 15.9 Å². The van der Waals surface area contributed by atoms with Crippen molar-refractivity contribution in [2.45, 2.75) is 58.8 Å². The van der Waals surface area contributed by atoms with Crippen molar-refractivity contribution in [3.63, 3.8) is 0 Å². The summed E-state index contributed by atoms with van der Waals surface area (Å²) in [5.41, 5.74) is 1.10. The second-order valence-electron chi connectivity index (χ2n) is 7.36. The summed E-state index contributed by atoms with van der Waals surface area (Å²) in [7, 11) is 1.90. The van der Waals surface area contributed by atoms with Crippen molar-refractivity contribution < 1.29 is 14.3 Å². The Labute approximate surface area is 146 Å². The first-order valence-electron chi connectivity index (χ1n) is 7.81. The molecule has 1 amide bonds. The Morgan fingerprint density at radius 1 is 1.43 bits per heavy atom. The van der Waals surface area contributed by atoms with Crippen LogP contribution in [0.1, 0.15) is 45.5 Å². The van der Waals surface area contributed by atoms with Gasteiger partial charge in [-0.05, 0) is 57.0 Å². The van der Waals surface area contributed by atoms with E-state index in [2.05, 4.69) is 21.0 Å². The van der Waals surface area contributed by atoms with Gasteiger partial charge in [-0.1, -0.05) is 0 Å². The average molecular weight is 388 g/mol. The molecule has 0 aromatic carbocycles. The normalized spacial score (nSPS) is 21.8. The minimum absolute atomic E-state index is 0.276. The van der Waals surface area contributed by atoms with E-state index in [9.17, 15) is 4.79 Å². The second kappa shape index (κ2) is 6.43. The molecule has 0 radical (unpaired) electrons. The fourth-order valence-electron chi connectivity index (χ4n) is 2.61. The largest absolute Gasteiger partial charge is 0.444 e. The molecule has 1 saturated heterocycles. The highest BCUT2D eigenvalue weighted by atomic mass is 79.9. The maximum atomic E-state index is 12.2. The predicted molar refractivity (Wildman–Crippen MR) is 91.3 cm³/mol. The maximum absolute atomic E-state index is 12.2. The number of ether oxygens (including phenoxy) is 2. The molecular formula is C16H26BrN3O3. The third-order valence-electron chi connectivity index (χ3n) is 3.91. The minimum Gasteiger partial charge on any atom is -0.444 e. The van der Waals surface area contributed by atoms with Gasteiger partial charge in [0.1, 0.15) is 5.60 Å². The number of aromatic nitrogens is 2. The Balaban J connectivity index is 1.95. The van der Waals surface area contributed by atoms with E-state index in [0.29, 0.717) is 19.7 Å². The van der Waals surface area contributed by atoms with Crippen LogP contribution in [-0.2, 0) is 23.1 Å². The standard InChI is InChI=1S/C16H26BrN3O3/c1-11-13(17)12(19(6)18-11)9-22-16(5)7-8-20(10-16)14(21)23-15(2,3)4/h7-10H2,1-6H3. The topological polar surface area (TPSA) is 56.6 Å². The van der Waals surface area contributed by atoms with Gasteiger partial charge in [-0.2, -0.15) is 5.10 Å². The number of carbonyl (C=O) groups is 1. The molecule has 1 unspecified atom stereocenters. The molecule has 1 aromatic rings. The van der Waals surface area contributed by atoms with Crippen molar-refractivity contribution in [2.24, 2.45) is 7.05 Å². The lowest BCUT2D eigenvalue weighted by atomic mass is 10.1. The van der Waals surface area contributed by atoms with Gasteiger partial charge in [0.2, 0.25) is 0 Å². The smallest absolute Gasteiger partial charge is 0.410 e. The predicted octanol–water partition coefficient (Wildman–Crippen LogP) is 3.41. The van der Waals surface area contributed by atoms with Gasteiger partial charge in [-0.25, -0.2) is 4.79 Å². The molecule has 0 aliphatic carbocycles. The highest BCUT2D eigenvalue weighted by Crippen LogP contribution is 2.29. The summed E-state index contributed by atoms with van der Waals surface area (Å²) in [6, 6.07) is 0. The zero-order valence-corrected chi connectivity index (χ0v) is 16.4. The van der Waals surface area contributed by atoms with E-state index in [1.54, 1.807) is 4.90 Å². The van der Waals surface area contributed by atoms with Crippen LogP contribution in [-0.4, -0.2) is 45.1 Å². The number of hydrogen-bond acceptors (Lipinski definition) is 4. The molecule has 1 fully saturated rings. The fourth-order valence-corrected chi connectivity index (χ4v) is 3.06. The van der Waals surface area contributed by atoms with Crippen LogP contribution in [0.4, 0.5) is 4.79 Å². The zero-order valence-electron chi connectivity index (χ0n) is 14.8. The average Bonchev–Trinajstić information content (AvgIpc) is 2.89. The van der Waals surface area contributed by atoms with E-state index in [1.165, 1.54) is 0 Å². The van der Waals surface area contributed by atoms with Crippen molar-refractivity contribution in [1.82, 2.24) is 14.7 Å². The van der Waals surface area contributed by atoms with Gasteiger partial charge < -0.3 is 14.4 Å². The lowest BCUT2D eigenvalue weighted by molar-refractivity contribution is -0.0398. The summed E-state index contributed by atoms with van der Waals surface area (Å²) in [5, 5.41) is 4.37. The Hall–Kier alpha value is -1.08. The molecule has 23 heavy (non-hydrogen) atoms. The quantitative estimate of drug-likeness (QED) is 0.797. The Morgan fingerprint density at radius 2 is 2.09 bits per heavy atom. The van der Waals surface area contributed by atoms with Crippen molar-refractivity contribution in [2.75, 3.05) is 13.1 Å². The summed E-state index contributed by atoms with van der Waals surface area (Å²) < 4.78 is 14.4. The number of amides is 1. The number of halogens is 1. The molecule has 7 heteroatoms. The van der Waals surface area contributed by atoms with E-state index in [0.717, 1.165) is 22.3 Å². The number of aryl methyl sites for hydroxylation is 2. The molecule has 0 N–H and O–H groups in total. The second-order valence-corrected chi connectivity index (χ2v) is 8.15. The van der Waals surface area contributed by atoms with Crippen LogP contribution in [0.25, 0.3) is 0 Å². The van der Waals surface area contributed by atoms with E-state index in [1.807, 2.05) is 46.3 Å². The molecule has 0 saturated carbocycles. The van der Waals surface area contributed by atoms with Crippen molar-refractivity contribution in [3.05, 3.63) is 15.9 Å². The van der Waals surface area contributed by atoms with Crippen LogP contribution in [0.3, 0.4) is 0 Å². The van der Waals surface area contributed by atoms with Crippen LogP contribution in [0.2, 0.25) is 0 Å². The molecule has 2 rings (SSSR count). The highest BCUT2D eigenvalue weighted by Gasteiger charge is 2.39. The number of hydrogen-bond donors (Lipinski definition) is 0. The van der Waals surface area contributed by atoms with Crippen molar-refractivity contribution >= 4 is 22.0 Å². The summed E-state index contributed by atoms with van der Waals surface area (Å²) in [6.45, 7) is 11.3. The molecule has 2 heterocycles. The molecular weight excluding hydrogens is 362 g/mol. The van der Waals surface area contributed by atoms with Crippen LogP contribution in [0.5, 0.6) is 0 Å². The van der Waals surface area contributed by atoms with Crippen molar-refractivity contribution in [3.8, 4) is 0 Å². The summed E-state index contributed by atoms with van der Waals surface area (Å²) in [6.07, 6.45) is 0.517. The molecule has 130 valence electrons. The van der Waals surface area contributed by atoms with Gasteiger partial charge >= 0.3 is 6.09 Å². The first kappa shape index (κ1) is 18.3. The Bertz CT molecular complexity index is 594. The summed E-state index contributed by atoms with van der Waals surface area (Å²) in [5.74, 6) is 0. The van der Waals surface area contributed by atoms with Crippen molar-refractivity contribution in [1.29, 1.82) is 0 Å². The molecule has 6 nitrogen and oxygen atoms in total.